The van der Waals surface area contributed by atoms with E-state index in [1.54, 1.807) is 20.2 Å². The highest BCUT2D eigenvalue weighted by atomic mass is 16.5. The first-order chi connectivity index (χ1) is 22.4. The van der Waals surface area contributed by atoms with Crippen molar-refractivity contribution in [1.29, 1.82) is 0 Å². The van der Waals surface area contributed by atoms with E-state index in [0.29, 0.717) is 25.9 Å². The van der Waals surface area contributed by atoms with Gasteiger partial charge in [0.1, 0.15) is 0 Å². The first-order valence-electron chi connectivity index (χ1n) is 16.2. The molecule has 1 atom stereocenters. The topological polar surface area (TPSA) is 87.9 Å². The average molecular weight is 621 g/mol. The van der Waals surface area contributed by atoms with Gasteiger partial charge in [-0.25, -0.2) is 9.48 Å². The Hall–Kier alpha value is -4.69. The van der Waals surface area contributed by atoms with E-state index in [0.717, 1.165) is 59.9 Å². The molecule has 0 aliphatic carbocycles. The molecule has 46 heavy (non-hydrogen) atoms. The van der Waals surface area contributed by atoms with Crippen LogP contribution in [0.2, 0.25) is 0 Å². The Kier molecular flexibility index (Phi) is 11.0. The SMILES string of the molecule is CCC(=C(c1ccc(CCN(CCC=CC(=O)N(C)C)C(=O)O)cc1)c1ccc2c(cnn2C2CCCCO2)c1)c1ccccc1. The van der Waals surface area contributed by atoms with Crippen LogP contribution in [-0.4, -0.2) is 70.5 Å². The lowest BCUT2D eigenvalue weighted by Gasteiger charge is -2.23. The Morgan fingerprint density at radius 2 is 1.74 bits per heavy atom. The van der Waals surface area contributed by atoms with Gasteiger partial charge in [-0.3, -0.25) is 4.79 Å². The van der Waals surface area contributed by atoms with Gasteiger partial charge in [0.05, 0.1) is 11.7 Å². The van der Waals surface area contributed by atoms with Crippen LogP contribution in [0.3, 0.4) is 0 Å². The number of benzene rings is 3. The van der Waals surface area contributed by atoms with E-state index < -0.39 is 6.09 Å². The number of amides is 2. The number of hydrogen-bond acceptors (Lipinski definition) is 4. The second-order valence-electron chi connectivity index (χ2n) is 11.9. The summed E-state index contributed by atoms with van der Waals surface area (Å²) in [6.07, 6.45) is 9.33. The van der Waals surface area contributed by atoms with Crippen LogP contribution in [0.1, 0.15) is 67.5 Å². The van der Waals surface area contributed by atoms with Crippen LogP contribution in [0.5, 0.6) is 0 Å². The van der Waals surface area contributed by atoms with Crippen LogP contribution in [0, 0.1) is 0 Å². The molecule has 8 heteroatoms. The number of ether oxygens (including phenoxy) is 1. The van der Waals surface area contributed by atoms with Gasteiger partial charge < -0.3 is 19.6 Å². The van der Waals surface area contributed by atoms with E-state index in [2.05, 4.69) is 73.7 Å². The van der Waals surface area contributed by atoms with Gasteiger partial charge in [-0.05, 0) is 90.1 Å². The minimum atomic E-state index is -0.960. The average Bonchev–Trinajstić information content (AvgIpc) is 3.51. The van der Waals surface area contributed by atoms with Gasteiger partial charge in [0.25, 0.3) is 0 Å². The number of aromatic nitrogens is 2. The van der Waals surface area contributed by atoms with Crippen molar-refractivity contribution in [2.24, 2.45) is 0 Å². The zero-order chi connectivity index (χ0) is 32.5. The minimum absolute atomic E-state index is 0.0176. The summed E-state index contributed by atoms with van der Waals surface area (Å²) in [7, 11) is 3.37. The van der Waals surface area contributed by atoms with Gasteiger partial charge in [0.15, 0.2) is 6.23 Å². The number of carbonyl (C=O) groups excluding carboxylic acids is 1. The van der Waals surface area contributed by atoms with Gasteiger partial charge in [-0.2, -0.15) is 5.10 Å². The molecule has 4 aromatic rings. The normalized spacial score (nSPS) is 15.6. The molecule has 0 spiro atoms. The lowest BCUT2D eigenvalue weighted by Crippen LogP contribution is -2.32. The highest BCUT2D eigenvalue weighted by molar-refractivity contribution is 6.00. The van der Waals surface area contributed by atoms with Crippen molar-refractivity contribution in [2.45, 2.75) is 51.7 Å². The Morgan fingerprint density at radius 1 is 0.978 bits per heavy atom. The van der Waals surface area contributed by atoms with Crippen molar-refractivity contribution < 1.29 is 19.4 Å². The number of nitrogens with zero attached hydrogens (tertiary/aromatic N) is 4. The van der Waals surface area contributed by atoms with Crippen molar-refractivity contribution in [3.05, 3.63) is 113 Å². The van der Waals surface area contributed by atoms with Gasteiger partial charge in [-0.15, -0.1) is 0 Å². The molecule has 0 saturated carbocycles. The second-order valence-corrected chi connectivity index (χ2v) is 11.9. The molecule has 0 radical (unpaired) electrons. The van der Waals surface area contributed by atoms with Crippen molar-refractivity contribution in [3.8, 4) is 0 Å². The molecule has 3 aromatic carbocycles. The summed E-state index contributed by atoms with van der Waals surface area (Å²) in [5.41, 5.74) is 8.00. The number of likely N-dealkylation sites (N-methyl/N-ethyl adjacent to an activating group) is 1. The Bertz CT molecular complexity index is 1680. The maximum absolute atomic E-state index is 11.9. The fourth-order valence-corrected chi connectivity index (χ4v) is 6.00. The third-order valence-electron chi connectivity index (χ3n) is 8.54. The molecule has 1 unspecified atom stereocenters. The van der Waals surface area contributed by atoms with Crippen LogP contribution >= 0.6 is 0 Å². The molecule has 0 bridgehead atoms. The lowest BCUT2D eigenvalue weighted by molar-refractivity contribution is -0.123. The van der Waals surface area contributed by atoms with E-state index >= 15 is 0 Å². The fourth-order valence-electron chi connectivity index (χ4n) is 6.00. The monoisotopic (exact) mass is 620 g/mol. The number of allylic oxidation sites excluding steroid dienone is 1. The number of fused-ring (bicyclic) bond motifs is 1. The van der Waals surface area contributed by atoms with Crippen LogP contribution in [0.25, 0.3) is 22.0 Å². The predicted octanol–water partition coefficient (Wildman–Crippen LogP) is 7.66. The summed E-state index contributed by atoms with van der Waals surface area (Å²) in [5.74, 6) is -0.113. The highest BCUT2D eigenvalue weighted by Crippen LogP contribution is 2.36. The Balaban J connectivity index is 1.39. The summed E-state index contributed by atoms with van der Waals surface area (Å²) in [5, 5.41) is 15.5. The molecule has 2 heterocycles. The zero-order valence-corrected chi connectivity index (χ0v) is 27.1. The molecular weight excluding hydrogens is 576 g/mol. The van der Waals surface area contributed by atoms with Gasteiger partial charge in [0, 0.05) is 39.2 Å². The maximum Gasteiger partial charge on any atom is 0.407 e. The highest BCUT2D eigenvalue weighted by Gasteiger charge is 2.20. The van der Waals surface area contributed by atoms with Crippen LogP contribution in [0.4, 0.5) is 4.79 Å². The number of carbonyl (C=O) groups is 2. The Morgan fingerprint density at radius 3 is 2.41 bits per heavy atom. The van der Waals surface area contributed by atoms with Crippen LogP contribution in [-0.2, 0) is 16.0 Å². The largest absolute Gasteiger partial charge is 0.465 e. The fraction of sp³-hybridized carbons (Fsp3) is 0.342. The molecule has 1 aromatic heterocycles. The van der Waals surface area contributed by atoms with Crippen molar-refractivity contribution in [3.63, 3.8) is 0 Å². The number of hydrogen-bond donors (Lipinski definition) is 1. The van der Waals surface area contributed by atoms with Gasteiger partial charge in [-0.1, -0.05) is 73.7 Å². The number of carboxylic acid groups (broad SMARTS) is 1. The molecule has 1 fully saturated rings. The maximum atomic E-state index is 11.9. The van der Waals surface area contributed by atoms with Crippen molar-refractivity contribution in [1.82, 2.24) is 19.6 Å². The second kappa shape index (κ2) is 15.5. The lowest BCUT2D eigenvalue weighted by atomic mass is 9.87. The Labute approximate surface area is 271 Å². The van der Waals surface area contributed by atoms with Crippen LogP contribution < -0.4 is 0 Å². The molecule has 240 valence electrons. The molecule has 1 aliphatic heterocycles. The van der Waals surface area contributed by atoms with E-state index in [1.807, 2.05) is 16.9 Å². The van der Waals surface area contributed by atoms with Gasteiger partial charge >= 0.3 is 6.09 Å². The first kappa shape index (κ1) is 32.7. The quantitative estimate of drug-likeness (QED) is 0.130. The molecule has 1 N–H and O–H groups in total. The summed E-state index contributed by atoms with van der Waals surface area (Å²) in [6, 6.07) is 25.6. The predicted molar refractivity (Wildman–Crippen MR) is 183 cm³/mol. The standard InChI is InChI=1S/C38H44N4O4/c1-4-33(29-12-6-5-7-13-29)37(31-20-21-34-32(26-31)27-39-42(34)36-15-9-11-25-46-36)30-18-16-28(17-19-30)22-24-41(38(44)45)23-10-8-14-35(43)40(2)3/h5-8,12-14,16-21,26-27,36H,4,9-11,15,22-25H2,1-3H3,(H,44,45). The summed E-state index contributed by atoms with van der Waals surface area (Å²) >= 11 is 0. The van der Waals surface area contributed by atoms with E-state index in [9.17, 15) is 14.7 Å². The van der Waals surface area contributed by atoms with E-state index in [4.69, 9.17) is 9.84 Å². The third-order valence-corrected chi connectivity index (χ3v) is 8.54. The summed E-state index contributed by atoms with van der Waals surface area (Å²) in [6.45, 7) is 3.68. The third kappa shape index (κ3) is 7.93. The molecule has 5 rings (SSSR count). The van der Waals surface area contributed by atoms with Crippen molar-refractivity contribution in [2.75, 3.05) is 33.8 Å². The summed E-state index contributed by atoms with van der Waals surface area (Å²) in [4.78, 5) is 26.5. The summed E-state index contributed by atoms with van der Waals surface area (Å²) < 4.78 is 8.05. The molecule has 1 aliphatic rings. The van der Waals surface area contributed by atoms with Crippen molar-refractivity contribution >= 4 is 34.0 Å². The smallest absolute Gasteiger partial charge is 0.407 e. The first-order valence-corrected chi connectivity index (χ1v) is 16.2. The van der Waals surface area contributed by atoms with E-state index in [-0.39, 0.29) is 12.1 Å². The molecule has 1 saturated heterocycles. The molecular formula is C38H44N4O4. The van der Waals surface area contributed by atoms with Crippen LogP contribution in [0.15, 0.2) is 91.1 Å². The number of rotatable bonds is 12. The minimum Gasteiger partial charge on any atom is -0.465 e. The molecule has 2 amide bonds. The zero-order valence-electron chi connectivity index (χ0n) is 27.1. The van der Waals surface area contributed by atoms with E-state index in [1.165, 1.54) is 32.6 Å². The molecule has 8 nitrogen and oxygen atoms in total. The van der Waals surface area contributed by atoms with Gasteiger partial charge in [0.2, 0.25) is 5.91 Å².